The van der Waals surface area contributed by atoms with Gasteiger partial charge in [0.05, 0.1) is 27.0 Å². The number of hydrogen-bond donors (Lipinski definition) is 1. The first-order chi connectivity index (χ1) is 14.4. The van der Waals surface area contributed by atoms with Crippen LogP contribution in [0.5, 0.6) is 17.2 Å². The molecular formula is C22H23N3O5. The molecular weight excluding hydrogens is 386 g/mol. The SMILES string of the molecule is COc1cc(-c2ccc(=O)n(CC(=O)Nc3cccc(C)c3)n2)cc(OC)c1OC. The maximum atomic E-state index is 12.4. The van der Waals surface area contributed by atoms with Crippen LogP contribution in [0.1, 0.15) is 5.56 Å². The molecule has 0 aliphatic heterocycles. The van der Waals surface area contributed by atoms with Crippen LogP contribution in [0.25, 0.3) is 11.3 Å². The molecule has 0 saturated carbocycles. The third-order valence-corrected chi connectivity index (χ3v) is 4.42. The number of nitrogens with one attached hydrogen (secondary N) is 1. The predicted octanol–water partition coefficient (Wildman–Crippen LogP) is 2.88. The lowest BCUT2D eigenvalue weighted by Gasteiger charge is -2.14. The van der Waals surface area contributed by atoms with Gasteiger partial charge < -0.3 is 19.5 Å². The number of rotatable bonds is 7. The smallest absolute Gasteiger partial charge is 0.267 e. The van der Waals surface area contributed by atoms with E-state index in [-0.39, 0.29) is 18.0 Å². The zero-order chi connectivity index (χ0) is 21.7. The molecule has 2 aromatic carbocycles. The van der Waals surface area contributed by atoms with Crippen LogP contribution in [0.3, 0.4) is 0 Å². The Hall–Kier alpha value is -3.81. The van der Waals surface area contributed by atoms with Crippen molar-refractivity contribution in [3.63, 3.8) is 0 Å². The molecule has 156 valence electrons. The van der Waals surface area contributed by atoms with Gasteiger partial charge in [-0.2, -0.15) is 5.10 Å². The van der Waals surface area contributed by atoms with E-state index < -0.39 is 0 Å². The van der Waals surface area contributed by atoms with E-state index in [1.807, 2.05) is 25.1 Å². The van der Waals surface area contributed by atoms with Crippen molar-refractivity contribution >= 4 is 11.6 Å². The summed E-state index contributed by atoms with van der Waals surface area (Å²) in [5.74, 6) is 1.03. The molecule has 0 spiro atoms. The number of carbonyl (C=O) groups is 1. The van der Waals surface area contributed by atoms with Crippen molar-refractivity contribution in [2.24, 2.45) is 0 Å². The van der Waals surface area contributed by atoms with Gasteiger partial charge in [-0.3, -0.25) is 9.59 Å². The Labute approximate surface area is 174 Å². The lowest BCUT2D eigenvalue weighted by Crippen LogP contribution is -2.29. The summed E-state index contributed by atoms with van der Waals surface area (Å²) in [4.78, 5) is 24.7. The van der Waals surface area contributed by atoms with Crippen molar-refractivity contribution in [1.82, 2.24) is 9.78 Å². The summed E-state index contributed by atoms with van der Waals surface area (Å²) in [5, 5.41) is 7.11. The Morgan fingerprint density at radius 2 is 1.70 bits per heavy atom. The first-order valence-corrected chi connectivity index (χ1v) is 9.20. The molecule has 30 heavy (non-hydrogen) atoms. The van der Waals surface area contributed by atoms with E-state index >= 15 is 0 Å². The summed E-state index contributed by atoms with van der Waals surface area (Å²) in [5.41, 5.74) is 2.43. The van der Waals surface area contributed by atoms with E-state index in [9.17, 15) is 9.59 Å². The third kappa shape index (κ3) is 4.60. The van der Waals surface area contributed by atoms with Gasteiger partial charge in [0.15, 0.2) is 11.5 Å². The van der Waals surface area contributed by atoms with Crippen LogP contribution in [0.4, 0.5) is 5.69 Å². The molecule has 0 aliphatic carbocycles. The van der Waals surface area contributed by atoms with Crippen molar-refractivity contribution < 1.29 is 19.0 Å². The number of amides is 1. The van der Waals surface area contributed by atoms with Crippen LogP contribution in [0, 0.1) is 6.92 Å². The third-order valence-electron chi connectivity index (χ3n) is 4.42. The highest BCUT2D eigenvalue weighted by atomic mass is 16.5. The molecule has 0 radical (unpaired) electrons. The van der Waals surface area contributed by atoms with E-state index in [2.05, 4.69) is 10.4 Å². The second kappa shape index (κ2) is 9.13. The minimum Gasteiger partial charge on any atom is -0.493 e. The summed E-state index contributed by atoms with van der Waals surface area (Å²) in [6.07, 6.45) is 0. The molecule has 0 fully saturated rings. The van der Waals surface area contributed by atoms with Crippen LogP contribution in [-0.4, -0.2) is 37.0 Å². The van der Waals surface area contributed by atoms with Crippen LogP contribution < -0.4 is 25.1 Å². The summed E-state index contributed by atoms with van der Waals surface area (Å²) in [6, 6.07) is 13.8. The molecule has 3 rings (SSSR count). The van der Waals surface area contributed by atoms with Gasteiger partial charge >= 0.3 is 0 Å². The first kappa shape index (κ1) is 20.9. The summed E-state index contributed by atoms with van der Waals surface area (Å²) < 4.78 is 17.2. The standard InChI is InChI=1S/C22H23N3O5/c1-14-6-5-7-16(10-14)23-20(26)13-25-21(27)9-8-17(24-25)15-11-18(28-2)22(30-4)19(12-15)29-3/h5-12H,13H2,1-4H3,(H,23,26). The van der Waals surface area contributed by atoms with Crippen molar-refractivity contribution in [2.75, 3.05) is 26.6 Å². The number of anilines is 1. The molecule has 1 aromatic heterocycles. The number of ether oxygens (including phenoxy) is 3. The minimum atomic E-state index is -0.384. The fourth-order valence-corrected chi connectivity index (χ4v) is 3.00. The Morgan fingerprint density at radius 3 is 2.30 bits per heavy atom. The molecule has 0 bridgehead atoms. The quantitative estimate of drug-likeness (QED) is 0.645. The summed E-state index contributed by atoms with van der Waals surface area (Å²) in [6.45, 7) is 1.72. The molecule has 1 amide bonds. The highest BCUT2D eigenvalue weighted by Gasteiger charge is 2.16. The number of aryl methyl sites for hydroxylation is 1. The van der Waals surface area contributed by atoms with Crippen molar-refractivity contribution in [1.29, 1.82) is 0 Å². The number of nitrogens with zero attached hydrogens (tertiary/aromatic N) is 2. The molecule has 0 unspecified atom stereocenters. The van der Waals surface area contributed by atoms with Crippen LogP contribution in [0.15, 0.2) is 53.3 Å². The van der Waals surface area contributed by atoms with Gasteiger partial charge in [-0.25, -0.2) is 4.68 Å². The Bertz CT molecular complexity index is 1100. The Kier molecular flexibility index (Phi) is 6.36. The molecule has 0 aliphatic rings. The highest BCUT2D eigenvalue weighted by Crippen LogP contribution is 2.40. The first-order valence-electron chi connectivity index (χ1n) is 9.20. The van der Waals surface area contributed by atoms with E-state index in [1.165, 1.54) is 27.4 Å². The second-order valence-electron chi connectivity index (χ2n) is 6.55. The number of aromatic nitrogens is 2. The van der Waals surface area contributed by atoms with Gasteiger partial charge in [-0.05, 0) is 42.8 Å². The normalized spacial score (nSPS) is 10.4. The molecule has 1 heterocycles. The Morgan fingerprint density at radius 1 is 1.00 bits per heavy atom. The maximum absolute atomic E-state index is 12.4. The van der Waals surface area contributed by atoms with E-state index in [0.29, 0.717) is 34.2 Å². The second-order valence-corrected chi connectivity index (χ2v) is 6.55. The monoisotopic (exact) mass is 409 g/mol. The van der Waals surface area contributed by atoms with Crippen molar-refractivity contribution in [3.05, 3.63) is 64.4 Å². The van der Waals surface area contributed by atoms with Crippen LogP contribution in [-0.2, 0) is 11.3 Å². The van der Waals surface area contributed by atoms with Gasteiger partial charge in [0.25, 0.3) is 5.56 Å². The van der Waals surface area contributed by atoms with Crippen molar-refractivity contribution in [2.45, 2.75) is 13.5 Å². The largest absolute Gasteiger partial charge is 0.493 e. The number of carbonyl (C=O) groups excluding carboxylic acids is 1. The number of hydrogen-bond acceptors (Lipinski definition) is 6. The van der Waals surface area contributed by atoms with Gasteiger partial charge in [0.1, 0.15) is 6.54 Å². The topological polar surface area (TPSA) is 91.7 Å². The Balaban J connectivity index is 1.90. The van der Waals surface area contributed by atoms with Crippen LogP contribution >= 0.6 is 0 Å². The van der Waals surface area contributed by atoms with Gasteiger partial charge in [-0.15, -0.1) is 0 Å². The molecule has 3 aromatic rings. The predicted molar refractivity (Wildman–Crippen MR) is 113 cm³/mol. The lowest BCUT2D eigenvalue weighted by atomic mass is 10.1. The highest BCUT2D eigenvalue weighted by molar-refractivity contribution is 5.90. The van der Waals surface area contributed by atoms with Gasteiger partial charge in [0.2, 0.25) is 11.7 Å². The number of benzene rings is 2. The summed E-state index contributed by atoms with van der Waals surface area (Å²) >= 11 is 0. The lowest BCUT2D eigenvalue weighted by molar-refractivity contribution is -0.117. The van der Waals surface area contributed by atoms with Gasteiger partial charge in [-0.1, -0.05) is 12.1 Å². The molecule has 8 heteroatoms. The molecule has 0 saturated heterocycles. The molecule has 1 N–H and O–H groups in total. The van der Waals surface area contributed by atoms with Crippen molar-refractivity contribution in [3.8, 4) is 28.5 Å². The van der Waals surface area contributed by atoms with E-state index in [0.717, 1.165) is 10.2 Å². The molecule has 0 atom stereocenters. The zero-order valence-corrected chi connectivity index (χ0v) is 17.3. The zero-order valence-electron chi connectivity index (χ0n) is 17.3. The maximum Gasteiger partial charge on any atom is 0.267 e. The summed E-state index contributed by atoms with van der Waals surface area (Å²) in [7, 11) is 4.56. The number of methoxy groups -OCH3 is 3. The fourth-order valence-electron chi connectivity index (χ4n) is 3.00. The van der Waals surface area contributed by atoms with Crippen LogP contribution in [0.2, 0.25) is 0 Å². The average Bonchev–Trinajstić information content (AvgIpc) is 2.74. The van der Waals surface area contributed by atoms with E-state index in [4.69, 9.17) is 14.2 Å². The minimum absolute atomic E-state index is 0.217. The van der Waals surface area contributed by atoms with Gasteiger partial charge in [0, 0.05) is 17.3 Å². The molecule has 8 nitrogen and oxygen atoms in total. The van der Waals surface area contributed by atoms with E-state index in [1.54, 1.807) is 24.3 Å². The fraction of sp³-hybridized carbons (Fsp3) is 0.227. The average molecular weight is 409 g/mol.